The van der Waals surface area contributed by atoms with E-state index in [1.165, 1.54) is 11.1 Å². The van der Waals surface area contributed by atoms with E-state index in [9.17, 15) is 4.79 Å². The van der Waals surface area contributed by atoms with E-state index < -0.39 is 0 Å². The first kappa shape index (κ1) is 11.7. The smallest absolute Gasteiger partial charge is 0.159 e. The van der Waals surface area contributed by atoms with Gasteiger partial charge in [0.1, 0.15) is 0 Å². The normalized spacial score (nSPS) is 10.9. The molecule has 0 heterocycles. The molecular weight excluding hydrogens is 184 g/mol. The molecule has 1 aromatic rings. The Morgan fingerprint density at radius 1 is 1.33 bits per heavy atom. The molecule has 0 aliphatic carbocycles. The highest BCUT2D eigenvalue weighted by molar-refractivity contribution is 5.91. The van der Waals surface area contributed by atoms with Gasteiger partial charge in [-0.05, 0) is 37.5 Å². The zero-order valence-electron chi connectivity index (χ0n) is 9.71. The van der Waals surface area contributed by atoms with Crippen molar-refractivity contribution >= 4 is 5.78 Å². The first-order chi connectivity index (χ1) is 7.13. The number of aryl methyl sites for hydroxylation is 2. The molecule has 0 aliphatic heterocycles. The summed E-state index contributed by atoms with van der Waals surface area (Å²) in [6.45, 7) is 6.13. The number of ketones is 1. The highest BCUT2D eigenvalue weighted by Crippen LogP contribution is 2.11. The molecule has 1 aromatic carbocycles. The fourth-order valence-corrected chi connectivity index (χ4v) is 1.49. The van der Waals surface area contributed by atoms with Gasteiger partial charge in [-0.3, -0.25) is 4.79 Å². The van der Waals surface area contributed by atoms with Gasteiger partial charge >= 0.3 is 0 Å². The van der Waals surface area contributed by atoms with Crippen LogP contribution in [0.2, 0.25) is 0 Å². The van der Waals surface area contributed by atoms with Gasteiger partial charge in [0.2, 0.25) is 0 Å². The standard InChI is InChI=1S/C14H18O/c1-4-5-6-14(15)10-13-9-11(2)7-8-12(13)3/h5-9H,4,10H2,1-3H3/b6-5+. The SMILES string of the molecule is CC/C=C/C(=O)Cc1cc(C)ccc1C. The van der Waals surface area contributed by atoms with Crippen LogP contribution in [0.15, 0.2) is 30.4 Å². The average molecular weight is 202 g/mol. The zero-order valence-corrected chi connectivity index (χ0v) is 9.71. The fourth-order valence-electron chi connectivity index (χ4n) is 1.49. The van der Waals surface area contributed by atoms with Gasteiger partial charge in [0.25, 0.3) is 0 Å². The van der Waals surface area contributed by atoms with Crippen LogP contribution < -0.4 is 0 Å². The summed E-state index contributed by atoms with van der Waals surface area (Å²) < 4.78 is 0. The quantitative estimate of drug-likeness (QED) is 0.684. The van der Waals surface area contributed by atoms with Crippen molar-refractivity contribution in [2.24, 2.45) is 0 Å². The van der Waals surface area contributed by atoms with Crippen LogP contribution in [-0.2, 0) is 11.2 Å². The number of hydrogen-bond donors (Lipinski definition) is 0. The van der Waals surface area contributed by atoms with Crippen molar-refractivity contribution in [2.75, 3.05) is 0 Å². The van der Waals surface area contributed by atoms with Crippen molar-refractivity contribution in [3.05, 3.63) is 47.0 Å². The molecule has 0 aromatic heterocycles. The Morgan fingerprint density at radius 2 is 2.07 bits per heavy atom. The van der Waals surface area contributed by atoms with Crippen LogP contribution in [0.4, 0.5) is 0 Å². The molecule has 15 heavy (non-hydrogen) atoms. The van der Waals surface area contributed by atoms with E-state index in [1.807, 2.05) is 19.9 Å². The second-order valence-electron chi connectivity index (χ2n) is 3.88. The van der Waals surface area contributed by atoms with Crippen LogP contribution >= 0.6 is 0 Å². The van der Waals surface area contributed by atoms with Crippen LogP contribution in [0.25, 0.3) is 0 Å². The minimum atomic E-state index is 0.186. The van der Waals surface area contributed by atoms with Gasteiger partial charge in [-0.2, -0.15) is 0 Å². The Hall–Kier alpha value is -1.37. The summed E-state index contributed by atoms with van der Waals surface area (Å²) >= 11 is 0. The first-order valence-electron chi connectivity index (χ1n) is 5.39. The number of carbonyl (C=O) groups excluding carboxylic acids is 1. The molecule has 1 rings (SSSR count). The maximum absolute atomic E-state index is 11.5. The van der Waals surface area contributed by atoms with Gasteiger partial charge in [-0.1, -0.05) is 36.8 Å². The third kappa shape index (κ3) is 3.70. The number of rotatable bonds is 4. The van der Waals surface area contributed by atoms with E-state index in [0.29, 0.717) is 6.42 Å². The molecule has 0 spiro atoms. The van der Waals surface area contributed by atoms with Crippen LogP contribution in [-0.4, -0.2) is 5.78 Å². The summed E-state index contributed by atoms with van der Waals surface area (Å²) in [5.41, 5.74) is 3.54. The summed E-state index contributed by atoms with van der Waals surface area (Å²) in [5, 5.41) is 0. The molecule has 0 saturated heterocycles. The fraction of sp³-hybridized carbons (Fsp3) is 0.357. The number of carbonyl (C=O) groups is 1. The summed E-state index contributed by atoms with van der Waals surface area (Å²) in [7, 11) is 0. The number of hydrogen-bond acceptors (Lipinski definition) is 1. The lowest BCUT2D eigenvalue weighted by atomic mass is 10.0. The van der Waals surface area contributed by atoms with E-state index in [-0.39, 0.29) is 5.78 Å². The van der Waals surface area contributed by atoms with Gasteiger partial charge in [0.05, 0.1) is 0 Å². The maximum Gasteiger partial charge on any atom is 0.159 e. The van der Waals surface area contributed by atoms with Crippen molar-refractivity contribution in [3.63, 3.8) is 0 Å². The maximum atomic E-state index is 11.5. The third-order valence-electron chi connectivity index (χ3n) is 2.41. The Kier molecular flexibility index (Phi) is 4.29. The molecule has 0 atom stereocenters. The van der Waals surface area contributed by atoms with Crippen molar-refractivity contribution in [1.29, 1.82) is 0 Å². The molecule has 0 unspecified atom stereocenters. The van der Waals surface area contributed by atoms with E-state index >= 15 is 0 Å². The molecular formula is C14H18O. The van der Waals surface area contributed by atoms with E-state index in [1.54, 1.807) is 6.08 Å². The highest BCUT2D eigenvalue weighted by atomic mass is 16.1. The molecule has 0 saturated carbocycles. The van der Waals surface area contributed by atoms with E-state index in [4.69, 9.17) is 0 Å². The van der Waals surface area contributed by atoms with Gasteiger partial charge < -0.3 is 0 Å². The molecule has 0 fully saturated rings. The van der Waals surface area contributed by atoms with E-state index in [0.717, 1.165) is 12.0 Å². The lowest BCUT2D eigenvalue weighted by Crippen LogP contribution is -2.00. The minimum Gasteiger partial charge on any atom is -0.294 e. The predicted molar refractivity (Wildman–Crippen MR) is 64.1 cm³/mol. The average Bonchev–Trinajstić information content (AvgIpc) is 2.20. The zero-order chi connectivity index (χ0) is 11.3. The molecule has 0 aliphatic rings. The van der Waals surface area contributed by atoms with Crippen LogP contribution in [0.3, 0.4) is 0 Å². The van der Waals surface area contributed by atoms with Gasteiger partial charge in [0.15, 0.2) is 5.78 Å². The molecule has 1 heteroatoms. The highest BCUT2D eigenvalue weighted by Gasteiger charge is 2.03. The lowest BCUT2D eigenvalue weighted by Gasteiger charge is -2.04. The van der Waals surface area contributed by atoms with Crippen LogP contribution in [0, 0.1) is 13.8 Å². The second kappa shape index (κ2) is 5.50. The summed E-state index contributed by atoms with van der Waals surface area (Å²) in [6, 6.07) is 6.24. The predicted octanol–water partition coefficient (Wildman–Crippen LogP) is 3.38. The summed E-state index contributed by atoms with van der Waals surface area (Å²) in [4.78, 5) is 11.5. The Balaban J connectivity index is 2.76. The molecule has 1 nitrogen and oxygen atoms in total. The van der Waals surface area contributed by atoms with Gasteiger partial charge in [0, 0.05) is 6.42 Å². The second-order valence-corrected chi connectivity index (χ2v) is 3.88. The Morgan fingerprint density at radius 3 is 2.73 bits per heavy atom. The Bertz CT molecular complexity index is 375. The van der Waals surface area contributed by atoms with Crippen LogP contribution in [0.1, 0.15) is 30.0 Å². The van der Waals surface area contributed by atoms with E-state index in [2.05, 4.69) is 25.1 Å². The molecule has 0 bridgehead atoms. The summed E-state index contributed by atoms with van der Waals surface area (Å²) in [6.07, 6.45) is 5.03. The lowest BCUT2D eigenvalue weighted by molar-refractivity contribution is -0.114. The molecule has 0 amide bonds. The monoisotopic (exact) mass is 202 g/mol. The van der Waals surface area contributed by atoms with Crippen molar-refractivity contribution in [3.8, 4) is 0 Å². The molecule has 0 N–H and O–H groups in total. The minimum absolute atomic E-state index is 0.186. The topological polar surface area (TPSA) is 17.1 Å². The van der Waals surface area contributed by atoms with Crippen molar-refractivity contribution in [1.82, 2.24) is 0 Å². The first-order valence-corrected chi connectivity index (χ1v) is 5.39. The van der Waals surface area contributed by atoms with Gasteiger partial charge in [-0.15, -0.1) is 0 Å². The Labute approximate surface area is 91.8 Å². The summed E-state index contributed by atoms with van der Waals surface area (Å²) in [5.74, 6) is 0.186. The number of allylic oxidation sites excluding steroid dienone is 2. The van der Waals surface area contributed by atoms with Crippen LogP contribution in [0.5, 0.6) is 0 Å². The third-order valence-corrected chi connectivity index (χ3v) is 2.41. The molecule has 0 radical (unpaired) electrons. The van der Waals surface area contributed by atoms with Gasteiger partial charge in [-0.25, -0.2) is 0 Å². The van der Waals surface area contributed by atoms with Crippen molar-refractivity contribution < 1.29 is 4.79 Å². The van der Waals surface area contributed by atoms with Crippen molar-refractivity contribution in [2.45, 2.75) is 33.6 Å². The molecule has 80 valence electrons. The number of benzene rings is 1. The largest absolute Gasteiger partial charge is 0.294 e.